The number of nitrogens with zero attached hydrogens (tertiary/aromatic N) is 5. The van der Waals surface area contributed by atoms with Crippen molar-refractivity contribution in [3.63, 3.8) is 0 Å². The van der Waals surface area contributed by atoms with E-state index in [1.165, 1.54) is 18.6 Å². The Hall–Kier alpha value is -2.91. The molecule has 10 heteroatoms. The molecule has 7 nitrogen and oxygen atoms in total. The second-order valence-electron chi connectivity index (χ2n) is 7.71. The number of rotatable bonds is 2. The Morgan fingerprint density at radius 3 is 2.69 bits per heavy atom. The highest BCUT2D eigenvalue weighted by Crippen LogP contribution is 2.41. The smallest absolute Gasteiger partial charge is 0.337 e. The fourth-order valence-electron chi connectivity index (χ4n) is 3.97. The van der Waals surface area contributed by atoms with E-state index in [1.807, 2.05) is 0 Å². The van der Waals surface area contributed by atoms with Gasteiger partial charge in [0.15, 0.2) is 11.3 Å². The molecular formula is C19H19F3N6O. The van der Waals surface area contributed by atoms with Gasteiger partial charge in [-0.05, 0) is 37.8 Å². The molecular weight excluding hydrogens is 385 g/mol. The number of amides is 1. The van der Waals surface area contributed by atoms with Gasteiger partial charge in [0.05, 0.1) is 5.69 Å². The van der Waals surface area contributed by atoms with Crippen LogP contribution in [0.15, 0.2) is 12.1 Å². The number of H-pyrrole nitrogens is 1. The first kappa shape index (κ1) is 18.1. The zero-order valence-corrected chi connectivity index (χ0v) is 15.8. The quantitative estimate of drug-likeness (QED) is 0.712. The molecule has 0 atom stereocenters. The van der Waals surface area contributed by atoms with Crippen molar-refractivity contribution in [2.45, 2.75) is 44.7 Å². The molecule has 1 aliphatic carbocycles. The molecule has 1 amide bonds. The fourth-order valence-corrected chi connectivity index (χ4v) is 3.97. The summed E-state index contributed by atoms with van der Waals surface area (Å²) in [6.45, 7) is 2.43. The van der Waals surface area contributed by atoms with Crippen LogP contribution in [0.4, 0.5) is 13.2 Å². The number of carbonyl (C=O) groups is 1. The van der Waals surface area contributed by atoms with Crippen molar-refractivity contribution in [2.24, 2.45) is 0 Å². The van der Waals surface area contributed by atoms with Crippen LogP contribution in [0.3, 0.4) is 0 Å². The second kappa shape index (κ2) is 6.30. The molecule has 0 unspecified atom stereocenters. The maximum atomic E-state index is 13.3. The van der Waals surface area contributed by atoms with Gasteiger partial charge < -0.3 is 4.90 Å². The van der Waals surface area contributed by atoms with E-state index in [9.17, 15) is 18.0 Å². The number of carbonyl (C=O) groups excluding carboxylic acids is 1. The lowest BCUT2D eigenvalue weighted by atomic mass is 10.1. The molecule has 5 rings (SSSR count). The predicted octanol–water partition coefficient (Wildman–Crippen LogP) is 2.90. The average Bonchev–Trinajstić information content (AvgIpc) is 3.35. The molecule has 152 valence electrons. The van der Waals surface area contributed by atoms with E-state index in [1.54, 1.807) is 4.90 Å². The zero-order chi connectivity index (χ0) is 20.3. The average molecular weight is 404 g/mol. The summed E-state index contributed by atoms with van der Waals surface area (Å²) in [6.07, 6.45) is -0.971. The maximum absolute atomic E-state index is 13.3. The highest BCUT2D eigenvalue weighted by atomic mass is 19.4. The number of aromatic amines is 1. The molecule has 1 N–H and O–H groups in total. The van der Waals surface area contributed by atoms with E-state index in [2.05, 4.69) is 20.3 Å². The van der Waals surface area contributed by atoms with Gasteiger partial charge in [0.2, 0.25) is 0 Å². The van der Waals surface area contributed by atoms with Gasteiger partial charge in [-0.3, -0.25) is 9.89 Å². The standard InChI is InChI=1S/C19H19F3N6O/c1-10-8-15(19(20,21)22)28-16(23-10)9-14(26-28)18(29)27-6-4-12-13(5-7-27)24-25-17(12)11-2-3-11/h8-9,11H,2-7H2,1H3,(H,24,25). The minimum absolute atomic E-state index is 0.0148. The number of aromatic nitrogens is 5. The van der Waals surface area contributed by atoms with Crippen molar-refractivity contribution in [1.82, 2.24) is 29.7 Å². The first-order chi connectivity index (χ1) is 13.8. The van der Waals surface area contributed by atoms with Gasteiger partial charge in [-0.2, -0.15) is 23.4 Å². The molecule has 0 saturated heterocycles. The van der Waals surface area contributed by atoms with Crippen molar-refractivity contribution in [1.29, 1.82) is 0 Å². The van der Waals surface area contributed by atoms with E-state index in [0.717, 1.165) is 30.3 Å². The molecule has 0 radical (unpaired) electrons. The first-order valence-corrected chi connectivity index (χ1v) is 9.61. The molecule has 1 aliphatic heterocycles. The summed E-state index contributed by atoms with van der Waals surface area (Å²) in [6, 6.07) is 2.25. The van der Waals surface area contributed by atoms with Crippen LogP contribution in [0, 0.1) is 6.92 Å². The zero-order valence-electron chi connectivity index (χ0n) is 15.8. The number of nitrogens with one attached hydrogen (secondary N) is 1. The molecule has 0 aromatic carbocycles. The van der Waals surface area contributed by atoms with Gasteiger partial charge in [0.1, 0.15) is 5.69 Å². The number of alkyl halides is 3. The number of hydrogen-bond donors (Lipinski definition) is 1. The largest absolute Gasteiger partial charge is 0.433 e. The molecule has 4 heterocycles. The van der Waals surface area contributed by atoms with Gasteiger partial charge in [0, 0.05) is 42.9 Å². The summed E-state index contributed by atoms with van der Waals surface area (Å²) in [7, 11) is 0. The van der Waals surface area contributed by atoms with Crippen LogP contribution in [0.2, 0.25) is 0 Å². The van der Waals surface area contributed by atoms with E-state index in [0.29, 0.717) is 36.4 Å². The normalized spacial score (nSPS) is 17.4. The molecule has 0 spiro atoms. The minimum Gasteiger partial charge on any atom is -0.337 e. The number of halogens is 3. The third-order valence-electron chi connectivity index (χ3n) is 5.56. The third kappa shape index (κ3) is 3.16. The molecule has 3 aromatic heterocycles. The van der Waals surface area contributed by atoms with Crippen LogP contribution >= 0.6 is 0 Å². The third-order valence-corrected chi connectivity index (χ3v) is 5.56. The molecule has 1 saturated carbocycles. The second-order valence-corrected chi connectivity index (χ2v) is 7.71. The maximum Gasteiger partial charge on any atom is 0.433 e. The first-order valence-electron chi connectivity index (χ1n) is 9.61. The number of fused-ring (bicyclic) bond motifs is 2. The Morgan fingerprint density at radius 2 is 1.97 bits per heavy atom. The Labute approximate surface area is 163 Å². The minimum atomic E-state index is -4.59. The predicted molar refractivity (Wildman–Crippen MR) is 96.6 cm³/mol. The molecule has 2 aliphatic rings. The molecule has 1 fully saturated rings. The van der Waals surface area contributed by atoms with Crippen LogP contribution in [0.1, 0.15) is 57.6 Å². The Bertz CT molecular complexity index is 1110. The Kier molecular flexibility index (Phi) is 3.94. The van der Waals surface area contributed by atoms with E-state index < -0.39 is 11.9 Å². The summed E-state index contributed by atoms with van der Waals surface area (Å²) in [5.74, 6) is 0.137. The summed E-state index contributed by atoms with van der Waals surface area (Å²) in [5.41, 5.74) is 2.61. The van der Waals surface area contributed by atoms with E-state index in [-0.39, 0.29) is 22.9 Å². The van der Waals surface area contributed by atoms with Crippen molar-refractivity contribution < 1.29 is 18.0 Å². The van der Waals surface area contributed by atoms with Crippen molar-refractivity contribution in [3.05, 3.63) is 46.2 Å². The van der Waals surface area contributed by atoms with Crippen LogP contribution < -0.4 is 0 Å². The fraction of sp³-hybridized carbons (Fsp3) is 0.474. The van der Waals surface area contributed by atoms with Crippen molar-refractivity contribution in [3.8, 4) is 0 Å². The van der Waals surface area contributed by atoms with Crippen LogP contribution in [0.5, 0.6) is 0 Å². The molecule has 29 heavy (non-hydrogen) atoms. The SMILES string of the molecule is Cc1cc(C(F)(F)F)n2nc(C(=O)N3CCc4[nH]nc(C5CC5)c4CC3)cc2n1. The van der Waals surface area contributed by atoms with Gasteiger partial charge in [-0.15, -0.1) is 0 Å². The summed E-state index contributed by atoms with van der Waals surface area (Å²) in [4.78, 5) is 18.7. The topological polar surface area (TPSA) is 79.2 Å². The van der Waals surface area contributed by atoms with E-state index >= 15 is 0 Å². The molecule has 0 bridgehead atoms. The van der Waals surface area contributed by atoms with Crippen molar-refractivity contribution >= 4 is 11.6 Å². The van der Waals surface area contributed by atoms with Gasteiger partial charge in [0.25, 0.3) is 5.91 Å². The molecule has 3 aromatic rings. The van der Waals surface area contributed by atoms with Gasteiger partial charge >= 0.3 is 6.18 Å². The van der Waals surface area contributed by atoms with Gasteiger partial charge in [-0.25, -0.2) is 9.50 Å². The number of aryl methyl sites for hydroxylation is 1. The van der Waals surface area contributed by atoms with E-state index in [4.69, 9.17) is 0 Å². The summed E-state index contributed by atoms with van der Waals surface area (Å²) < 4.78 is 40.7. The highest BCUT2D eigenvalue weighted by Gasteiger charge is 2.36. The summed E-state index contributed by atoms with van der Waals surface area (Å²) >= 11 is 0. The van der Waals surface area contributed by atoms with Gasteiger partial charge in [-0.1, -0.05) is 0 Å². The monoisotopic (exact) mass is 404 g/mol. The van der Waals surface area contributed by atoms with Crippen LogP contribution in [-0.4, -0.2) is 48.7 Å². The lowest BCUT2D eigenvalue weighted by molar-refractivity contribution is -0.142. The van der Waals surface area contributed by atoms with Crippen molar-refractivity contribution in [2.75, 3.05) is 13.1 Å². The highest BCUT2D eigenvalue weighted by molar-refractivity contribution is 5.93. The van der Waals surface area contributed by atoms with Crippen LogP contribution in [0.25, 0.3) is 5.65 Å². The summed E-state index contributed by atoms with van der Waals surface area (Å²) in [5, 5.41) is 11.5. The lowest BCUT2D eigenvalue weighted by Gasteiger charge is -2.19. The van der Waals surface area contributed by atoms with Crippen LogP contribution in [-0.2, 0) is 19.0 Å². The number of hydrogen-bond acceptors (Lipinski definition) is 4. The Morgan fingerprint density at radius 1 is 1.21 bits per heavy atom. The lowest BCUT2D eigenvalue weighted by Crippen LogP contribution is -2.33. The Balaban J connectivity index is 1.43.